The highest BCUT2D eigenvalue weighted by molar-refractivity contribution is 7.92. The van der Waals surface area contributed by atoms with Crippen LogP contribution in [-0.2, 0) is 10.0 Å². The number of hydrogen-bond acceptors (Lipinski definition) is 5. The highest BCUT2D eigenvalue weighted by atomic mass is 32.2. The predicted molar refractivity (Wildman–Crippen MR) is 80.0 cm³/mol. The average molecular weight is 318 g/mol. The summed E-state index contributed by atoms with van der Waals surface area (Å²) in [6, 6.07) is 9.76. The molecular formula is C13H10N4O4S. The van der Waals surface area contributed by atoms with Crippen LogP contribution in [0.15, 0.2) is 53.6 Å². The molecule has 0 amide bonds. The molecule has 112 valence electrons. The summed E-state index contributed by atoms with van der Waals surface area (Å²) in [5.74, 6) is 0. The average Bonchev–Trinajstić information content (AvgIpc) is 2.96. The zero-order chi connectivity index (χ0) is 15.7. The fourth-order valence-corrected chi connectivity index (χ4v) is 3.08. The molecule has 9 heteroatoms. The van der Waals surface area contributed by atoms with Gasteiger partial charge in [0.05, 0.1) is 27.2 Å². The number of hydrogen-bond donors (Lipinski definition) is 2. The minimum atomic E-state index is -3.85. The van der Waals surface area contributed by atoms with Crippen LogP contribution in [0.4, 0.5) is 11.4 Å². The van der Waals surface area contributed by atoms with Crippen LogP contribution in [0.25, 0.3) is 10.9 Å². The first kappa shape index (κ1) is 14.0. The van der Waals surface area contributed by atoms with Crippen molar-refractivity contribution in [3.63, 3.8) is 0 Å². The van der Waals surface area contributed by atoms with Crippen LogP contribution >= 0.6 is 0 Å². The second-order valence-electron chi connectivity index (χ2n) is 4.50. The summed E-state index contributed by atoms with van der Waals surface area (Å²) in [6.07, 6.45) is 1.58. The fraction of sp³-hybridized carbons (Fsp3) is 0. The third-order valence-corrected chi connectivity index (χ3v) is 4.46. The molecule has 0 spiro atoms. The molecule has 0 atom stereocenters. The molecular weight excluding hydrogens is 308 g/mol. The lowest BCUT2D eigenvalue weighted by molar-refractivity contribution is -0.384. The van der Waals surface area contributed by atoms with Gasteiger partial charge in [0.2, 0.25) is 0 Å². The third kappa shape index (κ3) is 2.49. The van der Waals surface area contributed by atoms with E-state index in [0.717, 1.165) is 17.5 Å². The molecule has 0 saturated carbocycles. The number of sulfonamides is 1. The van der Waals surface area contributed by atoms with Gasteiger partial charge in [0.25, 0.3) is 15.7 Å². The molecule has 0 aliphatic carbocycles. The van der Waals surface area contributed by atoms with Gasteiger partial charge in [-0.15, -0.1) is 0 Å². The van der Waals surface area contributed by atoms with Gasteiger partial charge in [-0.1, -0.05) is 12.1 Å². The molecule has 0 unspecified atom stereocenters. The van der Waals surface area contributed by atoms with Gasteiger partial charge in [-0.2, -0.15) is 5.10 Å². The van der Waals surface area contributed by atoms with Crippen molar-refractivity contribution in [2.45, 2.75) is 4.90 Å². The molecule has 0 saturated heterocycles. The van der Waals surface area contributed by atoms with Gasteiger partial charge in [0.1, 0.15) is 0 Å². The van der Waals surface area contributed by atoms with E-state index < -0.39 is 14.9 Å². The van der Waals surface area contributed by atoms with Crippen molar-refractivity contribution in [3.05, 3.63) is 58.8 Å². The monoisotopic (exact) mass is 318 g/mol. The molecule has 8 nitrogen and oxygen atoms in total. The number of fused-ring (bicyclic) bond motifs is 1. The Morgan fingerprint density at radius 1 is 1.14 bits per heavy atom. The molecule has 2 N–H and O–H groups in total. The van der Waals surface area contributed by atoms with Crippen LogP contribution in [0.3, 0.4) is 0 Å². The van der Waals surface area contributed by atoms with E-state index in [2.05, 4.69) is 14.9 Å². The van der Waals surface area contributed by atoms with Crippen LogP contribution in [0.2, 0.25) is 0 Å². The molecule has 0 aliphatic heterocycles. The number of nitrogens with one attached hydrogen (secondary N) is 2. The van der Waals surface area contributed by atoms with Crippen molar-refractivity contribution in [1.29, 1.82) is 0 Å². The van der Waals surface area contributed by atoms with E-state index in [1.54, 1.807) is 24.4 Å². The predicted octanol–water partition coefficient (Wildman–Crippen LogP) is 2.27. The molecule has 0 bridgehead atoms. The third-order valence-electron chi connectivity index (χ3n) is 3.08. The first-order valence-corrected chi connectivity index (χ1v) is 7.65. The standard InChI is InChI=1S/C13H10N4O4S/c18-17(19)10-4-6-11(7-5-10)22(20,21)16-12-3-1-2-9-8-14-15-13(9)12/h1-8,16H,(H,14,15). The van der Waals surface area contributed by atoms with Crippen molar-refractivity contribution in [2.24, 2.45) is 0 Å². The first-order valence-electron chi connectivity index (χ1n) is 6.17. The van der Waals surface area contributed by atoms with Gasteiger partial charge in [0.15, 0.2) is 0 Å². The summed E-state index contributed by atoms with van der Waals surface area (Å²) in [7, 11) is -3.85. The summed E-state index contributed by atoms with van der Waals surface area (Å²) >= 11 is 0. The number of nitro benzene ring substituents is 1. The Morgan fingerprint density at radius 3 is 2.55 bits per heavy atom. The van der Waals surface area contributed by atoms with Gasteiger partial charge in [-0.25, -0.2) is 8.42 Å². The number of nitro groups is 1. The number of H-pyrrole nitrogens is 1. The second-order valence-corrected chi connectivity index (χ2v) is 6.18. The maximum atomic E-state index is 12.3. The van der Waals surface area contributed by atoms with Gasteiger partial charge >= 0.3 is 0 Å². The zero-order valence-corrected chi connectivity index (χ0v) is 11.9. The van der Waals surface area contributed by atoms with E-state index >= 15 is 0 Å². The number of aromatic nitrogens is 2. The second kappa shape index (κ2) is 5.11. The Bertz CT molecular complexity index is 948. The topological polar surface area (TPSA) is 118 Å². The maximum absolute atomic E-state index is 12.3. The Kier molecular flexibility index (Phi) is 3.26. The number of benzene rings is 2. The molecule has 1 heterocycles. The van der Waals surface area contributed by atoms with E-state index in [0.29, 0.717) is 11.2 Å². The van der Waals surface area contributed by atoms with Crippen molar-refractivity contribution in [3.8, 4) is 0 Å². The van der Waals surface area contributed by atoms with Crippen LogP contribution in [0, 0.1) is 10.1 Å². The van der Waals surface area contributed by atoms with Crippen molar-refractivity contribution in [1.82, 2.24) is 10.2 Å². The van der Waals surface area contributed by atoms with E-state index in [4.69, 9.17) is 0 Å². The van der Waals surface area contributed by atoms with Crippen molar-refractivity contribution in [2.75, 3.05) is 4.72 Å². The molecule has 3 rings (SSSR count). The Hall–Kier alpha value is -2.94. The number of anilines is 1. The summed E-state index contributed by atoms with van der Waals surface area (Å²) in [5.41, 5.74) is 0.746. The summed E-state index contributed by atoms with van der Waals surface area (Å²) < 4.78 is 27.1. The minimum Gasteiger partial charge on any atom is -0.277 e. The van der Waals surface area contributed by atoms with Gasteiger partial charge in [-0.3, -0.25) is 19.9 Å². The minimum absolute atomic E-state index is 0.0605. The molecule has 2 aromatic carbocycles. The van der Waals surface area contributed by atoms with Gasteiger partial charge < -0.3 is 0 Å². The Morgan fingerprint density at radius 2 is 1.86 bits per heavy atom. The molecule has 3 aromatic rings. The van der Waals surface area contributed by atoms with Gasteiger partial charge in [0, 0.05) is 17.5 Å². The first-order chi connectivity index (χ1) is 10.5. The highest BCUT2D eigenvalue weighted by Gasteiger charge is 2.17. The van der Waals surface area contributed by atoms with Crippen molar-refractivity contribution >= 4 is 32.3 Å². The molecule has 22 heavy (non-hydrogen) atoms. The quantitative estimate of drug-likeness (QED) is 0.565. The largest absolute Gasteiger partial charge is 0.277 e. The molecule has 1 aromatic heterocycles. The number of non-ortho nitro benzene ring substituents is 1. The molecule has 0 aliphatic rings. The summed E-state index contributed by atoms with van der Waals surface area (Å²) in [5, 5.41) is 17.9. The van der Waals surface area contributed by atoms with Crippen LogP contribution in [0.5, 0.6) is 0 Å². The lowest BCUT2D eigenvalue weighted by atomic mass is 10.2. The van der Waals surface area contributed by atoms with E-state index in [1.807, 2.05) is 0 Å². The fourth-order valence-electron chi connectivity index (χ4n) is 2.00. The lowest BCUT2D eigenvalue weighted by Crippen LogP contribution is -2.13. The van der Waals surface area contributed by atoms with Crippen LogP contribution in [0.1, 0.15) is 0 Å². The Balaban J connectivity index is 1.96. The lowest BCUT2D eigenvalue weighted by Gasteiger charge is -2.08. The summed E-state index contributed by atoms with van der Waals surface area (Å²) in [6.45, 7) is 0. The zero-order valence-electron chi connectivity index (χ0n) is 11.1. The van der Waals surface area contributed by atoms with E-state index in [9.17, 15) is 18.5 Å². The van der Waals surface area contributed by atoms with Gasteiger partial charge in [-0.05, 0) is 18.2 Å². The van der Waals surface area contributed by atoms with Crippen molar-refractivity contribution < 1.29 is 13.3 Å². The summed E-state index contributed by atoms with van der Waals surface area (Å²) in [4.78, 5) is 9.95. The van der Waals surface area contributed by atoms with E-state index in [-0.39, 0.29) is 10.6 Å². The normalized spacial score (nSPS) is 11.5. The smallest absolute Gasteiger partial charge is 0.269 e. The highest BCUT2D eigenvalue weighted by Crippen LogP contribution is 2.24. The van der Waals surface area contributed by atoms with Crippen LogP contribution < -0.4 is 4.72 Å². The Labute approximate surface area is 125 Å². The number of aromatic amines is 1. The maximum Gasteiger partial charge on any atom is 0.269 e. The SMILES string of the molecule is O=[N+]([O-])c1ccc(S(=O)(=O)Nc2cccc3cn[nH]c23)cc1. The number of para-hydroxylation sites is 1. The van der Waals surface area contributed by atoms with Crippen LogP contribution in [-0.4, -0.2) is 23.5 Å². The van der Waals surface area contributed by atoms with E-state index in [1.165, 1.54) is 12.1 Å². The molecule has 0 fully saturated rings. The number of rotatable bonds is 4. The number of nitrogens with zero attached hydrogens (tertiary/aromatic N) is 2. The molecule has 0 radical (unpaired) electrons.